The predicted octanol–water partition coefficient (Wildman–Crippen LogP) is 4.40. The number of para-hydroxylation sites is 1. The van der Waals surface area contributed by atoms with Gasteiger partial charge < -0.3 is 9.80 Å². The Hall–Kier alpha value is -3.14. The van der Waals surface area contributed by atoms with Gasteiger partial charge in [0.1, 0.15) is 11.2 Å². The summed E-state index contributed by atoms with van der Waals surface area (Å²) in [5.41, 5.74) is 5.63. The van der Waals surface area contributed by atoms with Crippen molar-refractivity contribution in [2.24, 2.45) is 0 Å². The minimum Gasteiger partial charge on any atom is -0.362 e. The zero-order valence-corrected chi connectivity index (χ0v) is 16.2. The Morgan fingerprint density at radius 1 is 0.966 bits per heavy atom. The molecule has 1 spiro atoms. The molecule has 144 valence electrons. The number of amides is 1. The molecule has 0 aromatic heterocycles. The van der Waals surface area contributed by atoms with E-state index in [1.165, 1.54) is 22.9 Å². The van der Waals surface area contributed by atoms with Crippen LogP contribution in [-0.4, -0.2) is 19.5 Å². The summed E-state index contributed by atoms with van der Waals surface area (Å²) in [5.74, 6) is -0.236. The number of carbonyl (C=O) groups excluding carboxylic acids is 1. The molecular weight excluding hydrogens is 363 g/mol. The Kier molecular flexibility index (Phi) is 3.29. The first-order valence-electron chi connectivity index (χ1n) is 10.1. The Morgan fingerprint density at radius 3 is 2.59 bits per heavy atom. The summed E-state index contributed by atoms with van der Waals surface area (Å²) in [6.07, 6.45) is 1.52. The van der Waals surface area contributed by atoms with Crippen LogP contribution in [0.1, 0.15) is 28.3 Å². The summed E-state index contributed by atoms with van der Waals surface area (Å²) in [6.45, 7) is 0.849. The van der Waals surface area contributed by atoms with Gasteiger partial charge in [0.05, 0.1) is 6.04 Å². The van der Waals surface area contributed by atoms with Crippen LogP contribution in [0.15, 0.2) is 66.7 Å². The Bertz CT molecular complexity index is 1170. The molecule has 3 aliphatic rings. The molecule has 0 radical (unpaired) electrons. The summed E-state index contributed by atoms with van der Waals surface area (Å²) in [6, 6.07) is 21.4. The van der Waals surface area contributed by atoms with Crippen LogP contribution in [0.2, 0.25) is 0 Å². The first-order valence-corrected chi connectivity index (χ1v) is 10.1. The number of hydrogen-bond donors (Lipinski definition) is 0. The van der Waals surface area contributed by atoms with Gasteiger partial charge in [-0.3, -0.25) is 4.79 Å². The molecule has 3 aromatic rings. The van der Waals surface area contributed by atoms with E-state index in [-0.39, 0.29) is 17.8 Å². The fourth-order valence-corrected chi connectivity index (χ4v) is 5.81. The molecule has 0 bridgehead atoms. The van der Waals surface area contributed by atoms with Gasteiger partial charge in [-0.2, -0.15) is 0 Å². The van der Waals surface area contributed by atoms with Crippen LogP contribution in [0, 0.1) is 5.82 Å². The highest BCUT2D eigenvalue weighted by Gasteiger charge is 2.60. The molecule has 0 fully saturated rings. The van der Waals surface area contributed by atoms with Gasteiger partial charge in [-0.25, -0.2) is 4.39 Å². The Labute approximate surface area is 169 Å². The highest BCUT2D eigenvalue weighted by atomic mass is 19.1. The van der Waals surface area contributed by atoms with Crippen LogP contribution >= 0.6 is 0 Å². The van der Waals surface area contributed by atoms with E-state index in [9.17, 15) is 9.18 Å². The monoisotopic (exact) mass is 384 g/mol. The van der Waals surface area contributed by atoms with Crippen molar-refractivity contribution in [1.82, 2.24) is 0 Å². The summed E-state index contributed by atoms with van der Waals surface area (Å²) in [5, 5.41) is 0. The van der Waals surface area contributed by atoms with Crippen LogP contribution in [0.25, 0.3) is 0 Å². The first kappa shape index (κ1) is 16.8. The molecule has 3 nitrogen and oxygen atoms in total. The number of halogens is 1. The number of benzene rings is 3. The summed E-state index contributed by atoms with van der Waals surface area (Å²) < 4.78 is 14.4. The van der Waals surface area contributed by atoms with Crippen molar-refractivity contribution >= 4 is 17.3 Å². The van der Waals surface area contributed by atoms with Crippen molar-refractivity contribution in [3.63, 3.8) is 0 Å². The second-order valence-electron chi connectivity index (χ2n) is 8.35. The van der Waals surface area contributed by atoms with Gasteiger partial charge in [0.15, 0.2) is 0 Å². The zero-order valence-electron chi connectivity index (χ0n) is 16.2. The quantitative estimate of drug-likeness (QED) is 0.574. The Balaban J connectivity index is 1.70. The van der Waals surface area contributed by atoms with Gasteiger partial charge in [0.2, 0.25) is 5.91 Å². The molecule has 0 N–H and O–H groups in total. The lowest BCUT2D eigenvalue weighted by Gasteiger charge is -2.52. The lowest BCUT2D eigenvalue weighted by atomic mass is 9.64. The minimum absolute atomic E-state index is 0.0549. The number of rotatable bonds is 0. The predicted molar refractivity (Wildman–Crippen MR) is 112 cm³/mol. The van der Waals surface area contributed by atoms with Crippen LogP contribution in [0.3, 0.4) is 0 Å². The number of carbonyl (C=O) groups is 1. The van der Waals surface area contributed by atoms with Crippen molar-refractivity contribution in [3.8, 4) is 0 Å². The third-order valence-electron chi connectivity index (χ3n) is 7.01. The molecule has 1 amide bonds. The van der Waals surface area contributed by atoms with Crippen molar-refractivity contribution in [3.05, 3.63) is 94.8 Å². The van der Waals surface area contributed by atoms with E-state index in [1.54, 1.807) is 17.0 Å². The molecule has 3 aliphatic heterocycles. The summed E-state index contributed by atoms with van der Waals surface area (Å²) in [7, 11) is 1.81. The topological polar surface area (TPSA) is 23.6 Å². The van der Waals surface area contributed by atoms with E-state index in [0.717, 1.165) is 29.8 Å². The fourth-order valence-electron chi connectivity index (χ4n) is 5.81. The van der Waals surface area contributed by atoms with Gasteiger partial charge in [0.25, 0.3) is 0 Å². The standard InChI is InChI=1S/C25H21FN2O/c1-27-22-11-10-18(26)14-20(22)25(24(27)29)15-17-7-3-5-9-21(17)28-13-12-16-6-2-4-8-19(16)23(25)28/h2-11,14,23H,12-13,15H2,1H3/t23-,25-/m0/s1. The SMILES string of the molecule is CN1C(=O)[C@@]2(Cc3ccccc3N3CCc4ccccc4[C@H]32)c2cc(F)ccc21. The minimum atomic E-state index is -0.822. The summed E-state index contributed by atoms with van der Waals surface area (Å²) >= 11 is 0. The number of hydrogen-bond acceptors (Lipinski definition) is 2. The second-order valence-corrected chi connectivity index (χ2v) is 8.35. The lowest BCUT2D eigenvalue weighted by molar-refractivity contribution is -0.124. The second kappa shape index (κ2) is 5.69. The molecule has 6 rings (SSSR count). The van der Waals surface area contributed by atoms with Gasteiger partial charge in [-0.05, 0) is 59.4 Å². The van der Waals surface area contributed by atoms with Gasteiger partial charge in [0, 0.05) is 25.0 Å². The van der Waals surface area contributed by atoms with Crippen LogP contribution < -0.4 is 9.80 Å². The van der Waals surface area contributed by atoms with Crippen molar-refractivity contribution in [2.45, 2.75) is 24.3 Å². The van der Waals surface area contributed by atoms with Crippen LogP contribution in [0.5, 0.6) is 0 Å². The number of fused-ring (bicyclic) bond motifs is 8. The van der Waals surface area contributed by atoms with E-state index in [2.05, 4.69) is 41.3 Å². The average molecular weight is 384 g/mol. The zero-order chi connectivity index (χ0) is 19.8. The van der Waals surface area contributed by atoms with Gasteiger partial charge in [-0.15, -0.1) is 0 Å². The molecule has 4 heteroatoms. The highest BCUT2D eigenvalue weighted by molar-refractivity contribution is 6.09. The van der Waals surface area contributed by atoms with Crippen molar-refractivity contribution in [2.75, 3.05) is 23.4 Å². The van der Waals surface area contributed by atoms with Crippen molar-refractivity contribution < 1.29 is 9.18 Å². The number of nitrogens with zero attached hydrogens (tertiary/aromatic N) is 2. The van der Waals surface area contributed by atoms with Gasteiger partial charge >= 0.3 is 0 Å². The molecular formula is C25H21FN2O. The van der Waals surface area contributed by atoms with Gasteiger partial charge in [-0.1, -0.05) is 42.5 Å². The molecule has 0 saturated carbocycles. The number of anilines is 2. The maximum absolute atomic E-state index is 14.4. The van der Waals surface area contributed by atoms with E-state index < -0.39 is 5.41 Å². The third-order valence-corrected chi connectivity index (χ3v) is 7.01. The first-order chi connectivity index (χ1) is 14.1. The maximum atomic E-state index is 14.4. The molecule has 2 atom stereocenters. The molecule has 3 heterocycles. The van der Waals surface area contributed by atoms with Crippen LogP contribution in [-0.2, 0) is 23.1 Å². The molecule has 0 unspecified atom stereocenters. The lowest BCUT2D eigenvalue weighted by Crippen LogP contribution is -2.56. The average Bonchev–Trinajstić information content (AvgIpc) is 2.95. The third kappa shape index (κ3) is 2.04. The maximum Gasteiger partial charge on any atom is 0.240 e. The smallest absolute Gasteiger partial charge is 0.240 e. The van der Waals surface area contributed by atoms with Crippen molar-refractivity contribution in [1.29, 1.82) is 0 Å². The largest absolute Gasteiger partial charge is 0.362 e. The van der Waals surface area contributed by atoms with Crippen LogP contribution in [0.4, 0.5) is 15.8 Å². The normalized spacial score (nSPS) is 24.2. The molecule has 0 aliphatic carbocycles. The fraction of sp³-hybridized carbons (Fsp3) is 0.240. The molecule has 29 heavy (non-hydrogen) atoms. The number of likely N-dealkylation sites (N-methyl/N-ethyl adjacent to an activating group) is 1. The van der Waals surface area contributed by atoms with E-state index in [0.29, 0.717) is 6.42 Å². The highest BCUT2D eigenvalue weighted by Crippen LogP contribution is 2.58. The molecule has 3 aromatic carbocycles. The van der Waals surface area contributed by atoms with E-state index >= 15 is 0 Å². The molecule has 0 saturated heterocycles. The Morgan fingerprint density at radius 2 is 1.72 bits per heavy atom. The van der Waals surface area contributed by atoms with E-state index in [4.69, 9.17) is 0 Å². The van der Waals surface area contributed by atoms with E-state index in [1.807, 2.05) is 19.2 Å². The summed E-state index contributed by atoms with van der Waals surface area (Å²) in [4.78, 5) is 18.0.